The molecule has 4 atom stereocenters. The van der Waals surface area contributed by atoms with Gasteiger partial charge in [-0.05, 0) is 6.42 Å². The van der Waals surface area contributed by atoms with E-state index in [4.69, 9.17) is 24.0 Å². The summed E-state index contributed by atoms with van der Waals surface area (Å²) in [4.78, 5) is 29.8. The first kappa shape index (κ1) is 22.8. The molecule has 27 heavy (non-hydrogen) atoms. The fraction of sp³-hybridized carbons (Fsp3) is 0.944. The van der Waals surface area contributed by atoms with Crippen LogP contribution in [0.1, 0.15) is 71.1 Å². The number of fused-ring (bicyclic) bond motifs is 1. The van der Waals surface area contributed by atoms with Crippen LogP contribution >= 0.6 is 7.82 Å². The molecule has 2 aliphatic rings. The monoisotopic (exact) mass is 408 g/mol. The van der Waals surface area contributed by atoms with Gasteiger partial charge >= 0.3 is 13.8 Å². The second-order valence-corrected chi connectivity index (χ2v) is 8.53. The molecule has 9 heteroatoms. The number of phosphoric acid groups is 1. The maximum Gasteiger partial charge on any atom is 0.470 e. The fourth-order valence-corrected chi connectivity index (χ4v) is 4.14. The van der Waals surface area contributed by atoms with E-state index in [0.717, 1.165) is 19.3 Å². The quantitative estimate of drug-likeness (QED) is 0.272. The molecule has 158 valence electrons. The van der Waals surface area contributed by atoms with Crippen molar-refractivity contribution in [1.29, 1.82) is 0 Å². The molecule has 0 aliphatic carbocycles. The van der Waals surface area contributed by atoms with Crippen molar-refractivity contribution in [3.63, 3.8) is 0 Å². The zero-order chi connectivity index (χ0) is 19.7. The van der Waals surface area contributed by atoms with Crippen molar-refractivity contribution in [3.05, 3.63) is 0 Å². The van der Waals surface area contributed by atoms with Crippen LogP contribution in [0.15, 0.2) is 0 Å². The zero-order valence-electron chi connectivity index (χ0n) is 16.1. The van der Waals surface area contributed by atoms with Crippen molar-refractivity contribution < 1.29 is 37.9 Å². The van der Waals surface area contributed by atoms with Crippen molar-refractivity contribution in [2.45, 2.75) is 95.5 Å². The lowest BCUT2D eigenvalue weighted by Gasteiger charge is -2.17. The normalized spacial score (nSPS) is 27.7. The molecule has 2 fully saturated rings. The molecule has 2 N–H and O–H groups in total. The van der Waals surface area contributed by atoms with Gasteiger partial charge in [-0.1, -0.05) is 58.3 Å². The van der Waals surface area contributed by atoms with E-state index in [2.05, 4.69) is 11.4 Å². The van der Waals surface area contributed by atoms with Crippen molar-refractivity contribution in [3.8, 4) is 0 Å². The number of ether oxygens (including phenoxy) is 3. The lowest BCUT2D eigenvalue weighted by Crippen LogP contribution is -2.34. The van der Waals surface area contributed by atoms with Gasteiger partial charge in [0.25, 0.3) is 0 Å². The Labute approximate surface area is 161 Å². The van der Waals surface area contributed by atoms with E-state index < -0.39 is 32.2 Å². The van der Waals surface area contributed by atoms with E-state index in [1.165, 1.54) is 38.5 Å². The summed E-state index contributed by atoms with van der Waals surface area (Å²) in [7, 11) is -4.61. The van der Waals surface area contributed by atoms with Gasteiger partial charge in [-0.2, -0.15) is 0 Å². The number of rotatable bonds is 13. The first-order valence-corrected chi connectivity index (χ1v) is 11.6. The van der Waals surface area contributed by atoms with E-state index in [0.29, 0.717) is 6.42 Å². The predicted octanol–water partition coefficient (Wildman–Crippen LogP) is 3.09. The number of esters is 1. The summed E-state index contributed by atoms with van der Waals surface area (Å²) in [5.74, 6) is -0.282. The van der Waals surface area contributed by atoms with E-state index in [9.17, 15) is 9.36 Å². The Kier molecular flexibility index (Phi) is 9.70. The Hall–Kier alpha value is -0.500. The SMILES string of the molecule is CCCCCCCCCCCC(=O)O[C@H]1CO[C@H]2[C@@H]1OC[C@H]2OP(=O)(O)O. The maximum absolute atomic E-state index is 12.0. The van der Waals surface area contributed by atoms with Gasteiger partial charge in [-0.25, -0.2) is 4.57 Å². The van der Waals surface area contributed by atoms with E-state index >= 15 is 0 Å². The second-order valence-electron chi connectivity index (χ2n) is 7.34. The second kappa shape index (κ2) is 11.5. The highest BCUT2D eigenvalue weighted by atomic mass is 31.2. The van der Waals surface area contributed by atoms with Crippen LogP contribution in [0.2, 0.25) is 0 Å². The molecule has 0 aromatic carbocycles. The molecule has 0 aromatic rings. The summed E-state index contributed by atoms with van der Waals surface area (Å²) >= 11 is 0. The number of phosphoric ester groups is 1. The van der Waals surface area contributed by atoms with Crippen LogP contribution in [0.5, 0.6) is 0 Å². The molecule has 0 spiro atoms. The van der Waals surface area contributed by atoms with Crippen LogP contribution < -0.4 is 0 Å². The third-order valence-electron chi connectivity index (χ3n) is 5.00. The highest BCUT2D eigenvalue weighted by Crippen LogP contribution is 2.42. The largest absolute Gasteiger partial charge is 0.470 e. The van der Waals surface area contributed by atoms with Crippen LogP contribution in [-0.2, 0) is 28.1 Å². The van der Waals surface area contributed by atoms with Crippen LogP contribution in [-0.4, -0.2) is 53.4 Å². The summed E-state index contributed by atoms with van der Waals surface area (Å²) < 4.78 is 32.0. The van der Waals surface area contributed by atoms with Crippen LogP contribution in [0.4, 0.5) is 0 Å². The van der Waals surface area contributed by atoms with Gasteiger partial charge < -0.3 is 24.0 Å². The molecule has 8 nitrogen and oxygen atoms in total. The van der Waals surface area contributed by atoms with Crippen LogP contribution in [0.25, 0.3) is 0 Å². The highest BCUT2D eigenvalue weighted by Gasteiger charge is 2.51. The lowest BCUT2D eigenvalue weighted by molar-refractivity contribution is -0.153. The third kappa shape index (κ3) is 8.18. The van der Waals surface area contributed by atoms with Crippen LogP contribution in [0, 0.1) is 0 Å². The molecule has 0 unspecified atom stereocenters. The zero-order valence-corrected chi connectivity index (χ0v) is 17.0. The molecule has 2 rings (SSSR count). The summed E-state index contributed by atoms with van der Waals surface area (Å²) in [6, 6.07) is 0. The fourth-order valence-electron chi connectivity index (χ4n) is 3.60. The average molecular weight is 408 g/mol. The standard InChI is InChI=1S/C18H33O8P/c1-2-3-4-5-6-7-8-9-10-11-16(19)25-14-12-23-18-15(13-24-17(14)18)26-27(20,21)22/h14-15,17-18H,2-13H2,1H3,(H2,20,21,22)/t14-,15+,17+,18+/m0/s1. The topological polar surface area (TPSA) is 112 Å². The highest BCUT2D eigenvalue weighted by molar-refractivity contribution is 7.46. The van der Waals surface area contributed by atoms with Crippen molar-refractivity contribution in [2.75, 3.05) is 13.2 Å². The number of hydrogen-bond donors (Lipinski definition) is 2. The molecule has 2 saturated heterocycles. The van der Waals surface area contributed by atoms with E-state index in [1.807, 2.05) is 0 Å². The predicted molar refractivity (Wildman–Crippen MR) is 98.1 cm³/mol. The molecule has 0 radical (unpaired) electrons. The van der Waals surface area contributed by atoms with Gasteiger partial charge in [-0.3, -0.25) is 9.32 Å². The summed E-state index contributed by atoms with van der Waals surface area (Å²) in [5.41, 5.74) is 0. The Morgan fingerprint density at radius 1 is 0.926 bits per heavy atom. The third-order valence-corrected chi connectivity index (χ3v) is 5.55. The minimum Gasteiger partial charge on any atom is -0.457 e. The maximum atomic E-state index is 12.0. The van der Waals surface area contributed by atoms with Gasteiger partial charge in [0.2, 0.25) is 0 Å². The van der Waals surface area contributed by atoms with Gasteiger partial charge in [0.1, 0.15) is 18.3 Å². The Morgan fingerprint density at radius 2 is 1.44 bits per heavy atom. The minimum atomic E-state index is -4.61. The van der Waals surface area contributed by atoms with Crippen molar-refractivity contribution >= 4 is 13.8 Å². The molecule has 0 bridgehead atoms. The van der Waals surface area contributed by atoms with E-state index in [-0.39, 0.29) is 19.2 Å². The lowest BCUT2D eigenvalue weighted by atomic mass is 10.1. The molecule has 0 saturated carbocycles. The van der Waals surface area contributed by atoms with E-state index in [1.54, 1.807) is 0 Å². The van der Waals surface area contributed by atoms with Gasteiger partial charge in [0, 0.05) is 6.42 Å². The molecule has 0 amide bonds. The summed E-state index contributed by atoms with van der Waals surface area (Å²) in [6.07, 6.45) is 8.45. The van der Waals surface area contributed by atoms with Gasteiger partial charge in [0.05, 0.1) is 13.2 Å². The molecule has 0 aromatic heterocycles. The first-order chi connectivity index (χ1) is 12.9. The van der Waals surface area contributed by atoms with Crippen molar-refractivity contribution in [1.82, 2.24) is 0 Å². The van der Waals surface area contributed by atoms with Gasteiger partial charge in [-0.15, -0.1) is 0 Å². The number of hydrogen-bond acceptors (Lipinski definition) is 6. The van der Waals surface area contributed by atoms with Gasteiger partial charge in [0.15, 0.2) is 6.10 Å². The smallest absolute Gasteiger partial charge is 0.457 e. The average Bonchev–Trinajstić information content (AvgIpc) is 3.16. The Balaban J connectivity index is 1.56. The summed E-state index contributed by atoms with van der Waals surface area (Å²) in [6.45, 7) is 2.37. The molecule has 2 heterocycles. The van der Waals surface area contributed by atoms with Crippen molar-refractivity contribution in [2.24, 2.45) is 0 Å². The molecular weight excluding hydrogens is 375 g/mol. The summed E-state index contributed by atoms with van der Waals surface area (Å²) in [5, 5.41) is 0. The minimum absolute atomic E-state index is 0.00670. The first-order valence-electron chi connectivity index (χ1n) is 10.1. The Morgan fingerprint density at radius 3 is 2.04 bits per heavy atom. The van der Waals surface area contributed by atoms with Crippen LogP contribution in [0.3, 0.4) is 0 Å². The molecule has 2 aliphatic heterocycles. The number of carbonyl (C=O) groups excluding carboxylic acids is 1. The number of unbranched alkanes of at least 4 members (excludes halogenated alkanes) is 8. The molecular formula is C18H33O8P. The Bertz CT molecular complexity index is 494. The number of carbonyl (C=O) groups is 1.